The summed E-state index contributed by atoms with van der Waals surface area (Å²) in [4.78, 5) is 3.22. The van der Waals surface area contributed by atoms with Gasteiger partial charge in [0, 0.05) is 21.3 Å². The molecule has 0 saturated heterocycles. The number of nitrogens with one attached hydrogen (secondary N) is 2. The summed E-state index contributed by atoms with van der Waals surface area (Å²) in [5.41, 5.74) is 5.44. The molecule has 0 radical (unpaired) electrons. The zero-order valence-corrected chi connectivity index (χ0v) is 13.7. The van der Waals surface area contributed by atoms with E-state index in [2.05, 4.69) is 10.3 Å². The van der Waals surface area contributed by atoms with E-state index in [4.69, 9.17) is 19.0 Å². The molecule has 0 amide bonds. The lowest BCUT2D eigenvalue weighted by Gasteiger charge is -2.24. The lowest BCUT2D eigenvalue weighted by Crippen LogP contribution is -2.57. The molecule has 0 aromatic heterocycles. The van der Waals surface area contributed by atoms with Gasteiger partial charge in [-0.25, -0.2) is 0 Å². The number of rotatable bonds is 14. The van der Waals surface area contributed by atoms with Crippen LogP contribution in [0.1, 0.15) is 32.1 Å². The van der Waals surface area contributed by atoms with E-state index >= 15 is 0 Å². The maximum absolute atomic E-state index is 5.44. The van der Waals surface area contributed by atoms with Crippen LogP contribution in [-0.4, -0.2) is 56.5 Å². The molecule has 0 saturated carbocycles. The summed E-state index contributed by atoms with van der Waals surface area (Å²) in [5.74, 6) is 0. The van der Waals surface area contributed by atoms with Crippen molar-refractivity contribution in [3.8, 4) is 0 Å². The Balaban J connectivity index is 3.35. The van der Waals surface area contributed by atoms with Gasteiger partial charge in [-0.15, -0.1) is 0 Å². The second kappa shape index (κ2) is 13.0. The van der Waals surface area contributed by atoms with Crippen molar-refractivity contribution >= 4 is 8.97 Å². The van der Waals surface area contributed by atoms with Gasteiger partial charge in [0.1, 0.15) is 0 Å². The standard InChI is InChI=1S/C12H31N3O3Si/c1-16-19(17-2,18-3)15-12-8-11-14-10-7-5-4-6-9-13/h14-15H,4-13H2,1-3H3. The summed E-state index contributed by atoms with van der Waals surface area (Å²) in [6.45, 7) is 3.70. The second-order valence-corrected chi connectivity index (χ2v) is 7.09. The molecule has 116 valence electrons. The van der Waals surface area contributed by atoms with Crippen molar-refractivity contribution in [3.63, 3.8) is 0 Å². The molecule has 0 aliphatic carbocycles. The molecule has 0 aromatic rings. The zero-order valence-electron chi connectivity index (χ0n) is 12.7. The minimum absolute atomic E-state index is 0.809. The van der Waals surface area contributed by atoms with Gasteiger partial charge < -0.3 is 24.3 Å². The first-order valence-corrected chi connectivity index (χ1v) is 8.78. The third-order valence-electron chi connectivity index (χ3n) is 2.99. The second-order valence-electron chi connectivity index (χ2n) is 4.40. The first kappa shape index (κ1) is 19.0. The average Bonchev–Trinajstić information content (AvgIpc) is 2.46. The molecule has 0 aromatic carbocycles. The smallest absolute Gasteiger partial charge is 0.364 e. The fraction of sp³-hybridized carbons (Fsp3) is 1.00. The summed E-state index contributed by atoms with van der Waals surface area (Å²) in [6, 6.07) is 0. The predicted octanol–water partition coefficient (Wildman–Crippen LogP) is 0.450. The van der Waals surface area contributed by atoms with Gasteiger partial charge in [0.05, 0.1) is 0 Å². The first-order chi connectivity index (χ1) is 9.24. The molecular weight excluding hydrogens is 262 g/mol. The first-order valence-electron chi connectivity index (χ1n) is 7.06. The summed E-state index contributed by atoms with van der Waals surface area (Å²) >= 11 is 0. The number of unbranched alkanes of at least 4 members (excludes halogenated alkanes) is 3. The van der Waals surface area contributed by atoms with Gasteiger partial charge in [-0.1, -0.05) is 12.8 Å². The van der Waals surface area contributed by atoms with Crippen LogP contribution in [0.15, 0.2) is 0 Å². The van der Waals surface area contributed by atoms with E-state index in [1.807, 2.05) is 0 Å². The highest BCUT2D eigenvalue weighted by atomic mass is 28.4. The van der Waals surface area contributed by atoms with Crippen molar-refractivity contribution in [3.05, 3.63) is 0 Å². The van der Waals surface area contributed by atoms with E-state index in [0.29, 0.717) is 0 Å². The Hall–Kier alpha value is -0.0231. The van der Waals surface area contributed by atoms with E-state index in [1.54, 1.807) is 21.3 Å². The molecule has 19 heavy (non-hydrogen) atoms. The van der Waals surface area contributed by atoms with Gasteiger partial charge >= 0.3 is 8.97 Å². The molecular formula is C12H31N3O3Si. The highest BCUT2D eigenvalue weighted by Gasteiger charge is 2.38. The molecule has 0 bridgehead atoms. The van der Waals surface area contributed by atoms with Crippen molar-refractivity contribution in [2.75, 3.05) is 47.5 Å². The van der Waals surface area contributed by atoms with Crippen LogP contribution in [0.2, 0.25) is 0 Å². The van der Waals surface area contributed by atoms with Crippen LogP contribution in [0.25, 0.3) is 0 Å². The van der Waals surface area contributed by atoms with E-state index in [0.717, 1.165) is 39.0 Å². The normalized spacial score (nSPS) is 12.0. The van der Waals surface area contributed by atoms with Crippen LogP contribution in [0.3, 0.4) is 0 Å². The lowest BCUT2D eigenvalue weighted by molar-refractivity contribution is 0.110. The maximum atomic E-state index is 5.44. The van der Waals surface area contributed by atoms with Crippen molar-refractivity contribution in [2.45, 2.75) is 32.1 Å². The minimum atomic E-state index is -2.60. The molecule has 0 unspecified atom stereocenters. The van der Waals surface area contributed by atoms with Crippen LogP contribution < -0.4 is 16.0 Å². The fourth-order valence-electron chi connectivity index (χ4n) is 1.79. The summed E-state index contributed by atoms with van der Waals surface area (Å²) in [6.07, 6.45) is 5.88. The van der Waals surface area contributed by atoms with E-state index in [-0.39, 0.29) is 0 Å². The highest BCUT2D eigenvalue weighted by molar-refractivity contribution is 6.57. The third-order valence-corrected chi connectivity index (χ3v) is 5.28. The SMILES string of the molecule is CO[Si](NCCCNCCCCCCN)(OC)OC. The molecule has 0 fully saturated rings. The quantitative estimate of drug-likeness (QED) is 0.319. The van der Waals surface area contributed by atoms with E-state index < -0.39 is 8.97 Å². The van der Waals surface area contributed by atoms with Crippen molar-refractivity contribution in [1.29, 1.82) is 0 Å². The molecule has 0 aliphatic heterocycles. The molecule has 0 heterocycles. The van der Waals surface area contributed by atoms with Crippen LogP contribution in [0, 0.1) is 0 Å². The van der Waals surface area contributed by atoms with Crippen molar-refractivity contribution in [2.24, 2.45) is 5.73 Å². The Bertz CT molecular complexity index is 187. The average molecular weight is 293 g/mol. The maximum Gasteiger partial charge on any atom is 0.595 e. The van der Waals surface area contributed by atoms with E-state index in [1.165, 1.54) is 19.3 Å². The molecule has 0 rings (SSSR count). The van der Waals surface area contributed by atoms with Gasteiger partial charge in [0.25, 0.3) is 0 Å². The Morgan fingerprint density at radius 2 is 1.37 bits per heavy atom. The molecule has 0 aliphatic rings. The highest BCUT2D eigenvalue weighted by Crippen LogP contribution is 2.00. The number of hydrogen-bond donors (Lipinski definition) is 3. The van der Waals surface area contributed by atoms with Gasteiger partial charge in [-0.05, 0) is 45.4 Å². The molecule has 0 atom stereocenters. The molecule has 0 spiro atoms. The molecule has 7 heteroatoms. The molecule has 4 N–H and O–H groups in total. The minimum Gasteiger partial charge on any atom is -0.364 e. The van der Waals surface area contributed by atoms with Gasteiger partial charge in [0.15, 0.2) is 0 Å². The fourth-order valence-corrected chi connectivity index (χ4v) is 3.21. The predicted molar refractivity (Wildman–Crippen MR) is 79.8 cm³/mol. The van der Waals surface area contributed by atoms with Crippen molar-refractivity contribution in [1.82, 2.24) is 10.3 Å². The van der Waals surface area contributed by atoms with Crippen LogP contribution in [0.4, 0.5) is 0 Å². The number of nitrogens with two attached hydrogens (primary N) is 1. The Kier molecular flexibility index (Phi) is 13.0. The molecule has 6 nitrogen and oxygen atoms in total. The summed E-state index contributed by atoms with van der Waals surface area (Å²) < 4.78 is 15.8. The Morgan fingerprint density at radius 3 is 1.95 bits per heavy atom. The van der Waals surface area contributed by atoms with Crippen LogP contribution in [-0.2, 0) is 13.3 Å². The largest absolute Gasteiger partial charge is 0.595 e. The summed E-state index contributed by atoms with van der Waals surface area (Å²) in [7, 11) is 2.21. The Morgan fingerprint density at radius 1 is 0.789 bits per heavy atom. The van der Waals surface area contributed by atoms with Gasteiger partial charge in [-0.3, -0.25) is 4.98 Å². The monoisotopic (exact) mass is 293 g/mol. The zero-order chi connectivity index (χ0) is 14.4. The van der Waals surface area contributed by atoms with Crippen molar-refractivity contribution < 1.29 is 13.3 Å². The summed E-state index contributed by atoms with van der Waals surface area (Å²) in [5, 5.41) is 3.42. The third kappa shape index (κ3) is 9.50. The van der Waals surface area contributed by atoms with Crippen LogP contribution in [0.5, 0.6) is 0 Å². The topological polar surface area (TPSA) is 77.8 Å². The number of hydrogen-bond acceptors (Lipinski definition) is 6. The van der Waals surface area contributed by atoms with E-state index in [9.17, 15) is 0 Å². The lowest BCUT2D eigenvalue weighted by atomic mass is 10.2. The van der Waals surface area contributed by atoms with Crippen LogP contribution >= 0.6 is 0 Å². The van der Waals surface area contributed by atoms with Gasteiger partial charge in [0.2, 0.25) is 0 Å². The Labute approximate surface area is 118 Å². The van der Waals surface area contributed by atoms with Gasteiger partial charge in [-0.2, -0.15) is 0 Å².